The molecule has 19 heavy (non-hydrogen) atoms. The summed E-state index contributed by atoms with van der Waals surface area (Å²) in [5.74, 6) is 0.454. The van der Waals surface area contributed by atoms with E-state index in [0.717, 1.165) is 13.1 Å². The molecule has 0 aliphatic carbocycles. The Morgan fingerprint density at radius 1 is 1.58 bits per heavy atom. The molecule has 1 fully saturated rings. The second-order valence-electron chi connectivity index (χ2n) is 5.06. The molecular formula is C14H19N3O2. The molecule has 1 aromatic heterocycles. The zero-order chi connectivity index (χ0) is 13.9. The van der Waals surface area contributed by atoms with Gasteiger partial charge in [-0.3, -0.25) is 4.79 Å². The molecule has 1 amide bonds. The molecular weight excluding hydrogens is 242 g/mol. The monoisotopic (exact) mass is 261 g/mol. The smallest absolute Gasteiger partial charge is 0.256 e. The maximum absolute atomic E-state index is 12.3. The van der Waals surface area contributed by atoms with E-state index in [1.807, 2.05) is 14.0 Å². The molecule has 1 aliphatic rings. The number of rotatable bonds is 3. The molecule has 5 heteroatoms. The zero-order valence-electron chi connectivity index (χ0n) is 11.4. The molecule has 0 unspecified atom stereocenters. The van der Waals surface area contributed by atoms with Gasteiger partial charge in [-0.05, 0) is 26.0 Å². The summed E-state index contributed by atoms with van der Waals surface area (Å²) in [4.78, 5) is 14.4. The van der Waals surface area contributed by atoms with Crippen LogP contribution < -0.4 is 5.32 Å². The first-order valence-corrected chi connectivity index (χ1v) is 6.59. The maximum atomic E-state index is 12.3. The predicted molar refractivity (Wildman–Crippen MR) is 70.6 cm³/mol. The number of carbonyl (C=O) groups is 1. The zero-order valence-corrected chi connectivity index (χ0v) is 11.4. The third-order valence-corrected chi connectivity index (χ3v) is 3.72. The number of carbonyl (C=O) groups excluding carboxylic acids is 1. The Labute approximate surface area is 113 Å². The summed E-state index contributed by atoms with van der Waals surface area (Å²) >= 11 is 0. The van der Waals surface area contributed by atoms with Gasteiger partial charge in [0.1, 0.15) is 11.3 Å². The summed E-state index contributed by atoms with van der Waals surface area (Å²) in [5.41, 5.74) is -0.206. The van der Waals surface area contributed by atoms with Crippen LogP contribution in [-0.2, 0) is 6.42 Å². The summed E-state index contributed by atoms with van der Waals surface area (Å²) < 4.78 is 5.26. The Morgan fingerprint density at radius 3 is 2.84 bits per heavy atom. The van der Waals surface area contributed by atoms with Crippen molar-refractivity contribution in [3.8, 4) is 6.07 Å². The van der Waals surface area contributed by atoms with Gasteiger partial charge in [-0.1, -0.05) is 6.92 Å². The van der Waals surface area contributed by atoms with Crippen LogP contribution in [0.2, 0.25) is 0 Å². The number of aryl methyl sites for hydroxylation is 1. The number of furan rings is 1. The van der Waals surface area contributed by atoms with Crippen molar-refractivity contribution >= 4 is 5.91 Å². The van der Waals surface area contributed by atoms with Crippen LogP contribution in [0.15, 0.2) is 16.7 Å². The van der Waals surface area contributed by atoms with Gasteiger partial charge in [0.2, 0.25) is 0 Å². The lowest BCUT2D eigenvalue weighted by Crippen LogP contribution is -2.53. The van der Waals surface area contributed by atoms with Crippen molar-refractivity contribution in [2.75, 3.05) is 20.1 Å². The van der Waals surface area contributed by atoms with Crippen LogP contribution in [0.25, 0.3) is 0 Å². The van der Waals surface area contributed by atoms with Gasteiger partial charge in [-0.25, -0.2) is 0 Å². The van der Waals surface area contributed by atoms with Crippen molar-refractivity contribution in [3.63, 3.8) is 0 Å². The minimum Gasteiger partial charge on any atom is -0.469 e. The van der Waals surface area contributed by atoms with Crippen molar-refractivity contribution in [2.45, 2.75) is 31.7 Å². The molecule has 0 atom stereocenters. The van der Waals surface area contributed by atoms with Crippen molar-refractivity contribution in [1.82, 2.24) is 10.2 Å². The van der Waals surface area contributed by atoms with E-state index < -0.39 is 5.54 Å². The first-order chi connectivity index (χ1) is 9.10. The highest BCUT2D eigenvalue weighted by Crippen LogP contribution is 2.22. The normalized spacial score (nSPS) is 18.8. The molecule has 0 aromatic carbocycles. The van der Waals surface area contributed by atoms with Crippen molar-refractivity contribution in [2.24, 2.45) is 0 Å². The van der Waals surface area contributed by atoms with E-state index >= 15 is 0 Å². The van der Waals surface area contributed by atoms with E-state index in [-0.39, 0.29) is 5.91 Å². The van der Waals surface area contributed by atoms with Crippen LogP contribution in [0.5, 0.6) is 0 Å². The number of hydrogen-bond acceptors (Lipinski definition) is 4. The molecule has 0 saturated carbocycles. The standard InChI is InChI=1S/C14H19N3O2/c1-3-12-11(4-9-19-12)13(18)16-14(10-15)5-7-17(2)8-6-14/h4,9H,3,5-8H2,1-2H3,(H,16,18). The Morgan fingerprint density at radius 2 is 2.26 bits per heavy atom. The number of likely N-dealkylation sites (tertiary alicyclic amines) is 1. The lowest BCUT2D eigenvalue weighted by Gasteiger charge is -2.35. The minimum atomic E-state index is -0.744. The summed E-state index contributed by atoms with van der Waals surface area (Å²) in [6.07, 6.45) is 3.50. The number of amides is 1. The average Bonchev–Trinajstić information content (AvgIpc) is 2.90. The number of nitrogens with zero attached hydrogens (tertiary/aromatic N) is 2. The van der Waals surface area contributed by atoms with E-state index in [0.29, 0.717) is 30.6 Å². The van der Waals surface area contributed by atoms with E-state index in [1.54, 1.807) is 6.07 Å². The summed E-state index contributed by atoms with van der Waals surface area (Å²) in [5, 5.41) is 12.3. The van der Waals surface area contributed by atoms with Gasteiger partial charge >= 0.3 is 0 Å². The summed E-state index contributed by atoms with van der Waals surface area (Å²) in [7, 11) is 2.02. The minimum absolute atomic E-state index is 0.211. The highest BCUT2D eigenvalue weighted by molar-refractivity contribution is 5.95. The number of hydrogen-bond donors (Lipinski definition) is 1. The Balaban J connectivity index is 2.11. The SMILES string of the molecule is CCc1occc1C(=O)NC1(C#N)CCN(C)CC1. The first kappa shape index (κ1) is 13.6. The summed E-state index contributed by atoms with van der Waals surface area (Å²) in [6.45, 7) is 3.57. The third kappa shape index (κ3) is 2.79. The predicted octanol–water partition coefficient (Wildman–Crippen LogP) is 1.56. The highest BCUT2D eigenvalue weighted by Gasteiger charge is 2.36. The van der Waals surface area contributed by atoms with Crippen LogP contribution >= 0.6 is 0 Å². The van der Waals surface area contributed by atoms with E-state index in [1.165, 1.54) is 6.26 Å². The molecule has 1 saturated heterocycles. The molecule has 0 bridgehead atoms. The van der Waals surface area contributed by atoms with Gasteiger partial charge in [0.05, 0.1) is 17.9 Å². The first-order valence-electron chi connectivity index (χ1n) is 6.59. The fourth-order valence-corrected chi connectivity index (χ4v) is 2.37. The van der Waals surface area contributed by atoms with Crippen LogP contribution in [-0.4, -0.2) is 36.5 Å². The number of nitrogens with one attached hydrogen (secondary N) is 1. The van der Waals surface area contributed by atoms with Gasteiger partial charge in [-0.2, -0.15) is 5.26 Å². The largest absolute Gasteiger partial charge is 0.469 e. The Bertz CT molecular complexity index is 493. The van der Waals surface area contributed by atoms with E-state index in [2.05, 4.69) is 16.3 Å². The number of nitriles is 1. The van der Waals surface area contributed by atoms with Gasteiger partial charge < -0.3 is 14.6 Å². The van der Waals surface area contributed by atoms with Crippen molar-refractivity contribution in [3.05, 3.63) is 23.7 Å². The van der Waals surface area contributed by atoms with E-state index in [4.69, 9.17) is 4.42 Å². The fraction of sp³-hybridized carbons (Fsp3) is 0.571. The lowest BCUT2D eigenvalue weighted by atomic mass is 9.89. The molecule has 2 rings (SSSR count). The van der Waals surface area contributed by atoms with Gasteiger partial charge in [0.25, 0.3) is 5.91 Å². The van der Waals surface area contributed by atoms with Crippen LogP contribution in [0, 0.1) is 11.3 Å². The van der Waals surface area contributed by atoms with Crippen LogP contribution in [0.3, 0.4) is 0 Å². The second kappa shape index (κ2) is 5.45. The lowest BCUT2D eigenvalue weighted by molar-refractivity contribution is 0.0880. The molecule has 1 N–H and O–H groups in total. The average molecular weight is 261 g/mol. The number of piperidine rings is 1. The van der Waals surface area contributed by atoms with Crippen LogP contribution in [0.4, 0.5) is 0 Å². The molecule has 102 valence electrons. The second-order valence-corrected chi connectivity index (χ2v) is 5.06. The molecule has 1 aromatic rings. The topological polar surface area (TPSA) is 69.3 Å². The summed E-state index contributed by atoms with van der Waals surface area (Å²) in [6, 6.07) is 3.94. The maximum Gasteiger partial charge on any atom is 0.256 e. The molecule has 0 spiro atoms. The van der Waals surface area contributed by atoms with E-state index in [9.17, 15) is 10.1 Å². The van der Waals surface area contributed by atoms with Gasteiger partial charge in [0, 0.05) is 19.5 Å². The van der Waals surface area contributed by atoms with Gasteiger partial charge in [-0.15, -0.1) is 0 Å². The Kier molecular flexibility index (Phi) is 3.91. The van der Waals surface area contributed by atoms with Crippen molar-refractivity contribution in [1.29, 1.82) is 5.26 Å². The van der Waals surface area contributed by atoms with Crippen LogP contribution in [0.1, 0.15) is 35.9 Å². The van der Waals surface area contributed by atoms with Crippen molar-refractivity contribution < 1.29 is 9.21 Å². The molecule has 0 radical (unpaired) electrons. The third-order valence-electron chi connectivity index (χ3n) is 3.72. The molecule has 2 heterocycles. The molecule has 1 aliphatic heterocycles. The fourth-order valence-electron chi connectivity index (χ4n) is 2.37. The van der Waals surface area contributed by atoms with Gasteiger partial charge in [0.15, 0.2) is 0 Å². The quantitative estimate of drug-likeness (QED) is 0.896. The highest BCUT2D eigenvalue weighted by atomic mass is 16.3. The molecule has 5 nitrogen and oxygen atoms in total. The Hall–Kier alpha value is -1.80.